The molecule has 0 saturated carbocycles. The van der Waals surface area contributed by atoms with Crippen LogP contribution >= 0.6 is 0 Å². The fraction of sp³-hybridized carbons (Fsp3) is 0.300. The summed E-state index contributed by atoms with van der Waals surface area (Å²) in [5, 5.41) is 2.68. The van der Waals surface area contributed by atoms with Crippen molar-refractivity contribution in [2.75, 3.05) is 18.9 Å². The number of amides is 2. The molecule has 0 spiro atoms. The summed E-state index contributed by atoms with van der Waals surface area (Å²) in [7, 11) is 1.67. The van der Waals surface area contributed by atoms with Gasteiger partial charge in [-0.05, 0) is 36.8 Å². The van der Waals surface area contributed by atoms with E-state index in [4.69, 9.17) is 4.74 Å². The summed E-state index contributed by atoms with van der Waals surface area (Å²) in [6.45, 7) is 2.63. The lowest BCUT2D eigenvalue weighted by atomic mass is 10.1. The molecule has 0 aromatic heterocycles. The number of urea groups is 1. The molecule has 2 amide bonds. The zero-order chi connectivity index (χ0) is 20.7. The number of halogens is 3. The molecule has 2 aromatic rings. The van der Waals surface area contributed by atoms with Gasteiger partial charge in [0.15, 0.2) is 0 Å². The second kappa shape index (κ2) is 9.25. The average molecular weight is 394 g/mol. The Morgan fingerprint density at radius 1 is 1.11 bits per heavy atom. The van der Waals surface area contributed by atoms with Gasteiger partial charge in [-0.2, -0.15) is 13.2 Å². The first kappa shape index (κ1) is 21.3. The molecule has 0 aliphatic rings. The quantitative estimate of drug-likeness (QED) is 0.542. The Kier molecular flexibility index (Phi) is 7.03. The molecule has 0 heterocycles. The normalized spacial score (nSPS) is 11.0. The number of nitrogens with one attached hydrogen (secondary N) is 1. The van der Waals surface area contributed by atoms with Crippen LogP contribution in [0, 0.1) is 0 Å². The Labute approximate surface area is 161 Å². The van der Waals surface area contributed by atoms with Crippen molar-refractivity contribution in [3.8, 4) is 5.75 Å². The van der Waals surface area contributed by atoms with E-state index < -0.39 is 17.7 Å². The van der Waals surface area contributed by atoms with Gasteiger partial charge in [-0.25, -0.2) is 9.59 Å². The third kappa shape index (κ3) is 6.00. The maximum absolute atomic E-state index is 12.8. The molecular formula is C20H21F3N2O3. The Morgan fingerprint density at radius 2 is 1.82 bits per heavy atom. The van der Waals surface area contributed by atoms with E-state index in [1.54, 1.807) is 19.2 Å². The molecule has 0 bridgehead atoms. The number of benzene rings is 2. The number of alkyl halides is 3. The highest BCUT2D eigenvalue weighted by Crippen LogP contribution is 2.30. The number of rotatable bonds is 6. The third-order valence-corrected chi connectivity index (χ3v) is 3.92. The Morgan fingerprint density at radius 3 is 2.50 bits per heavy atom. The Bertz CT molecular complexity index is 837. The standard InChI is InChI=1S/C20H21F3N2O3/c1-3-4-11-25(2)19(27)24-16-9-6-10-17(13-16)28-18(26)14-7-5-8-15(12-14)20(21,22)23/h5-10,12-13H,3-4,11H2,1-2H3,(H,24,27). The van der Waals surface area contributed by atoms with Crippen LogP contribution in [0.4, 0.5) is 23.7 Å². The van der Waals surface area contributed by atoms with E-state index in [0.717, 1.165) is 31.0 Å². The third-order valence-electron chi connectivity index (χ3n) is 3.92. The molecule has 0 aliphatic heterocycles. The van der Waals surface area contributed by atoms with E-state index in [9.17, 15) is 22.8 Å². The van der Waals surface area contributed by atoms with Gasteiger partial charge in [-0.1, -0.05) is 25.5 Å². The number of esters is 1. The first-order chi connectivity index (χ1) is 13.2. The van der Waals surface area contributed by atoms with Crippen molar-refractivity contribution in [2.45, 2.75) is 25.9 Å². The van der Waals surface area contributed by atoms with E-state index in [-0.39, 0.29) is 17.3 Å². The van der Waals surface area contributed by atoms with Gasteiger partial charge in [0.05, 0.1) is 11.1 Å². The summed E-state index contributed by atoms with van der Waals surface area (Å²) < 4.78 is 43.5. The van der Waals surface area contributed by atoms with E-state index in [1.165, 1.54) is 23.1 Å². The highest BCUT2D eigenvalue weighted by molar-refractivity contribution is 5.92. The summed E-state index contributed by atoms with van der Waals surface area (Å²) in [6.07, 6.45) is -2.72. The molecule has 2 aromatic carbocycles. The van der Waals surface area contributed by atoms with Gasteiger partial charge >= 0.3 is 18.2 Å². The number of anilines is 1. The minimum Gasteiger partial charge on any atom is -0.423 e. The number of unbranched alkanes of at least 4 members (excludes halogenated alkanes) is 1. The summed E-state index contributed by atoms with van der Waals surface area (Å²) in [4.78, 5) is 25.8. The van der Waals surface area contributed by atoms with Gasteiger partial charge in [0.25, 0.3) is 0 Å². The van der Waals surface area contributed by atoms with Crippen LogP contribution in [0.25, 0.3) is 0 Å². The predicted octanol–water partition coefficient (Wildman–Crippen LogP) is 5.19. The molecule has 0 fully saturated rings. The van der Waals surface area contributed by atoms with E-state index in [1.807, 2.05) is 6.92 Å². The van der Waals surface area contributed by atoms with Crippen molar-refractivity contribution in [3.05, 3.63) is 59.7 Å². The topological polar surface area (TPSA) is 58.6 Å². The molecule has 2 rings (SSSR count). The highest BCUT2D eigenvalue weighted by atomic mass is 19.4. The second-order valence-electron chi connectivity index (χ2n) is 6.20. The number of nitrogens with zero attached hydrogens (tertiary/aromatic N) is 1. The summed E-state index contributed by atoms with van der Waals surface area (Å²) >= 11 is 0. The van der Waals surface area contributed by atoms with E-state index in [0.29, 0.717) is 12.2 Å². The molecule has 8 heteroatoms. The number of carbonyl (C=O) groups is 2. The average Bonchev–Trinajstić information content (AvgIpc) is 2.65. The molecule has 0 saturated heterocycles. The van der Waals surface area contributed by atoms with Gasteiger partial charge < -0.3 is 15.0 Å². The number of hydrogen-bond donors (Lipinski definition) is 1. The van der Waals surface area contributed by atoms with Crippen molar-refractivity contribution < 1.29 is 27.5 Å². The molecule has 0 radical (unpaired) electrons. The monoisotopic (exact) mass is 394 g/mol. The minimum atomic E-state index is -4.55. The summed E-state index contributed by atoms with van der Waals surface area (Å²) in [5.74, 6) is -0.814. The van der Waals surface area contributed by atoms with Crippen LogP contribution in [0.5, 0.6) is 5.75 Å². The second-order valence-corrected chi connectivity index (χ2v) is 6.20. The van der Waals surface area contributed by atoms with Gasteiger partial charge in [0.1, 0.15) is 5.75 Å². The van der Waals surface area contributed by atoms with Crippen LogP contribution in [0.1, 0.15) is 35.7 Å². The highest BCUT2D eigenvalue weighted by Gasteiger charge is 2.31. The summed E-state index contributed by atoms with van der Waals surface area (Å²) in [5.41, 5.74) is -0.746. The lowest BCUT2D eigenvalue weighted by molar-refractivity contribution is -0.137. The SMILES string of the molecule is CCCCN(C)C(=O)Nc1cccc(OC(=O)c2cccc(C(F)(F)F)c2)c1. The first-order valence-electron chi connectivity index (χ1n) is 8.72. The Balaban J connectivity index is 2.06. The van der Waals surface area contributed by atoms with Crippen molar-refractivity contribution >= 4 is 17.7 Å². The van der Waals surface area contributed by atoms with E-state index in [2.05, 4.69) is 5.32 Å². The smallest absolute Gasteiger partial charge is 0.416 e. The van der Waals surface area contributed by atoms with Crippen LogP contribution in [-0.4, -0.2) is 30.5 Å². The van der Waals surface area contributed by atoms with Crippen LogP contribution in [0.15, 0.2) is 48.5 Å². The lowest BCUT2D eigenvalue weighted by Gasteiger charge is -2.17. The molecule has 0 atom stereocenters. The molecule has 1 N–H and O–H groups in total. The van der Waals surface area contributed by atoms with Gasteiger partial charge in [0.2, 0.25) is 0 Å². The number of hydrogen-bond acceptors (Lipinski definition) is 3. The van der Waals surface area contributed by atoms with Gasteiger partial charge in [-0.15, -0.1) is 0 Å². The predicted molar refractivity (Wildman–Crippen MR) is 99.4 cm³/mol. The maximum Gasteiger partial charge on any atom is 0.416 e. The fourth-order valence-corrected chi connectivity index (χ4v) is 2.34. The van der Waals surface area contributed by atoms with E-state index >= 15 is 0 Å². The number of carbonyl (C=O) groups excluding carboxylic acids is 2. The van der Waals surface area contributed by atoms with Crippen LogP contribution in [0.3, 0.4) is 0 Å². The van der Waals surface area contributed by atoms with Crippen LogP contribution < -0.4 is 10.1 Å². The van der Waals surface area contributed by atoms with Gasteiger partial charge in [-0.3, -0.25) is 0 Å². The van der Waals surface area contributed by atoms with Crippen LogP contribution in [-0.2, 0) is 6.18 Å². The minimum absolute atomic E-state index is 0.108. The molecule has 150 valence electrons. The zero-order valence-electron chi connectivity index (χ0n) is 15.5. The molecule has 0 aliphatic carbocycles. The molecule has 0 unspecified atom stereocenters. The zero-order valence-corrected chi connectivity index (χ0v) is 15.5. The Hall–Kier alpha value is -3.03. The molecule has 5 nitrogen and oxygen atoms in total. The van der Waals surface area contributed by atoms with Crippen molar-refractivity contribution in [1.82, 2.24) is 4.90 Å². The largest absolute Gasteiger partial charge is 0.423 e. The molecular weight excluding hydrogens is 373 g/mol. The molecule has 28 heavy (non-hydrogen) atoms. The number of ether oxygens (including phenoxy) is 1. The first-order valence-corrected chi connectivity index (χ1v) is 8.72. The van der Waals surface area contributed by atoms with Crippen LogP contribution in [0.2, 0.25) is 0 Å². The van der Waals surface area contributed by atoms with Crippen molar-refractivity contribution in [1.29, 1.82) is 0 Å². The summed E-state index contributed by atoms with van der Waals surface area (Å²) in [6, 6.07) is 9.77. The van der Waals surface area contributed by atoms with Crippen molar-refractivity contribution in [3.63, 3.8) is 0 Å². The van der Waals surface area contributed by atoms with Crippen molar-refractivity contribution in [2.24, 2.45) is 0 Å². The maximum atomic E-state index is 12.8. The van der Waals surface area contributed by atoms with Gasteiger partial charge in [0, 0.05) is 25.3 Å². The lowest BCUT2D eigenvalue weighted by Crippen LogP contribution is -2.32. The fourth-order valence-electron chi connectivity index (χ4n) is 2.34.